The molecule has 0 bridgehead atoms. The maximum atomic E-state index is 14.4. The van der Waals surface area contributed by atoms with Gasteiger partial charge in [0, 0.05) is 17.3 Å². The zero-order valence-electron chi connectivity index (χ0n) is 19.6. The number of hydrogen-bond acceptors (Lipinski definition) is 4. The first-order valence-electron chi connectivity index (χ1n) is 11.1. The first kappa shape index (κ1) is 26.2. The quantitative estimate of drug-likeness (QED) is 0.267. The predicted octanol–water partition coefficient (Wildman–Crippen LogP) is 7.16. The molecule has 10 heteroatoms. The number of benzene rings is 3. The van der Waals surface area contributed by atoms with Crippen molar-refractivity contribution < 1.29 is 31.5 Å². The number of carbonyl (C=O) groups is 1. The molecule has 0 radical (unpaired) electrons. The molecule has 0 spiro atoms. The van der Waals surface area contributed by atoms with Gasteiger partial charge < -0.3 is 14.5 Å². The topological polar surface area (TPSA) is 68.5 Å². The third-order valence-electron chi connectivity index (χ3n) is 5.69. The predicted molar refractivity (Wildman–Crippen MR) is 133 cm³/mol. The lowest BCUT2D eigenvalue weighted by Gasteiger charge is -2.14. The molecule has 1 amide bonds. The van der Waals surface area contributed by atoms with E-state index in [1.165, 1.54) is 30.3 Å². The lowest BCUT2D eigenvalue weighted by Crippen LogP contribution is -2.21. The number of fused-ring (bicyclic) bond motifs is 1. The smallest absolute Gasteiger partial charge is 0.417 e. The van der Waals surface area contributed by atoms with E-state index in [2.05, 4.69) is 5.32 Å². The normalized spacial score (nSPS) is 11.5. The summed E-state index contributed by atoms with van der Waals surface area (Å²) in [6, 6.07) is 11.9. The lowest BCUT2D eigenvalue weighted by molar-refractivity contribution is -0.137. The van der Waals surface area contributed by atoms with Crippen LogP contribution >= 0.6 is 11.6 Å². The number of halogens is 5. The Kier molecular flexibility index (Phi) is 7.27. The summed E-state index contributed by atoms with van der Waals surface area (Å²) in [7, 11) is 0. The molecule has 1 heterocycles. The molecule has 0 saturated carbocycles. The van der Waals surface area contributed by atoms with E-state index in [1.54, 1.807) is 19.1 Å². The zero-order chi connectivity index (χ0) is 26.9. The molecule has 1 N–H and O–H groups in total. The molecule has 0 fully saturated rings. The Morgan fingerprint density at radius 3 is 2.51 bits per heavy atom. The second-order valence-electron chi connectivity index (χ2n) is 8.18. The first-order chi connectivity index (χ1) is 17.5. The van der Waals surface area contributed by atoms with Crippen LogP contribution in [0.3, 0.4) is 0 Å². The minimum absolute atomic E-state index is 0.0955. The van der Waals surface area contributed by atoms with Crippen molar-refractivity contribution in [1.82, 2.24) is 0 Å². The summed E-state index contributed by atoms with van der Waals surface area (Å²) in [4.78, 5) is 25.6. The fourth-order valence-electron chi connectivity index (χ4n) is 3.93. The second kappa shape index (κ2) is 10.3. The van der Waals surface area contributed by atoms with E-state index in [-0.39, 0.29) is 39.3 Å². The van der Waals surface area contributed by atoms with E-state index >= 15 is 0 Å². The highest BCUT2D eigenvalue weighted by molar-refractivity contribution is 6.31. The van der Waals surface area contributed by atoms with Crippen molar-refractivity contribution in [2.24, 2.45) is 0 Å². The largest absolute Gasteiger partial charge is 0.483 e. The van der Waals surface area contributed by atoms with Gasteiger partial charge >= 0.3 is 6.18 Å². The molecule has 37 heavy (non-hydrogen) atoms. The minimum atomic E-state index is -4.68. The molecule has 3 aromatic carbocycles. The maximum Gasteiger partial charge on any atom is 0.417 e. The van der Waals surface area contributed by atoms with E-state index in [0.29, 0.717) is 12.0 Å². The van der Waals surface area contributed by atoms with E-state index in [4.69, 9.17) is 20.8 Å². The molecule has 4 rings (SSSR count). The molecule has 0 aliphatic carbocycles. The Labute approximate surface area is 213 Å². The molecule has 4 aromatic rings. The lowest BCUT2D eigenvalue weighted by atomic mass is 10.0. The summed E-state index contributed by atoms with van der Waals surface area (Å²) in [5.74, 6) is -0.788. The van der Waals surface area contributed by atoms with Crippen LogP contribution in [0.15, 0.2) is 63.8 Å². The summed E-state index contributed by atoms with van der Waals surface area (Å²) in [5.41, 5.74) is -0.572. The minimum Gasteiger partial charge on any atom is -0.483 e. The van der Waals surface area contributed by atoms with Crippen LogP contribution in [-0.4, -0.2) is 12.5 Å². The molecular formula is C27H20ClF4NO4. The Morgan fingerprint density at radius 1 is 1.11 bits per heavy atom. The van der Waals surface area contributed by atoms with E-state index < -0.39 is 40.5 Å². The van der Waals surface area contributed by atoms with Crippen LogP contribution in [0.5, 0.6) is 5.75 Å². The zero-order valence-corrected chi connectivity index (χ0v) is 20.4. The Bertz CT molecular complexity index is 1560. The fraction of sp³-hybridized carbons (Fsp3) is 0.185. The van der Waals surface area contributed by atoms with Crippen molar-refractivity contribution >= 4 is 34.2 Å². The third-order valence-corrected chi connectivity index (χ3v) is 6.02. The van der Waals surface area contributed by atoms with Gasteiger partial charge in [0.1, 0.15) is 22.9 Å². The number of amides is 1. The molecule has 0 saturated heterocycles. The van der Waals surface area contributed by atoms with Gasteiger partial charge in [-0.15, -0.1) is 0 Å². The highest BCUT2D eigenvalue weighted by Crippen LogP contribution is 2.36. The summed E-state index contributed by atoms with van der Waals surface area (Å²) >= 11 is 5.61. The van der Waals surface area contributed by atoms with Gasteiger partial charge in [0.15, 0.2) is 6.61 Å². The summed E-state index contributed by atoms with van der Waals surface area (Å²) in [6.45, 7) is 2.85. The molecule has 0 aliphatic rings. The number of anilines is 1. The van der Waals surface area contributed by atoms with Crippen LogP contribution in [0.2, 0.25) is 5.02 Å². The van der Waals surface area contributed by atoms with Crippen LogP contribution < -0.4 is 15.5 Å². The number of ether oxygens (including phenoxy) is 1. The Hall–Kier alpha value is -3.85. The third kappa shape index (κ3) is 5.46. The molecule has 0 aliphatic heterocycles. The maximum absolute atomic E-state index is 14.4. The van der Waals surface area contributed by atoms with Gasteiger partial charge in [-0.1, -0.05) is 36.7 Å². The van der Waals surface area contributed by atoms with Gasteiger partial charge in [-0.25, -0.2) is 4.39 Å². The van der Waals surface area contributed by atoms with E-state index in [1.807, 2.05) is 6.92 Å². The van der Waals surface area contributed by atoms with Gasteiger partial charge in [-0.05, 0) is 49.2 Å². The van der Waals surface area contributed by atoms with Crippen LogP contribution in [-0.2, 0) is 17.4 Å². The van der Waals surface area contributed by atoms with E-state index in [9.17, 15) is 27.2 Å². The summed E-state index contributed by atoms with van der Waals surface area (Å²) in [6.07, 6.45) is -4.25. The van der Waals surface area contributed by atoms with Gasteiger partial charge in [0.25, 0.3) is 5.91 Å². The highest BCUT2D eigenvalue weighted by Gasteiger charge is 2.33. The Morgan fingerprint density at radius 2 is 1.84 bits per heavy atom. The van der Waals surface area contributed by atoms with Gasteiger partial charge in [0.2, 0.25) is 5.43 Å². The molecular weight excluding hydrogens is 514 g/mol. The van der Waals surface area contributed by atoms with Crippen molar-refractivity contribution in [3.63, 3.8) is 0 Å². The summed E-state index contributed by atoms with van der Waals surface area (Å²) in [5, 5.41) is 2.08. The average molecular weight is 534 g/mol. The number of rotatable bonds is 6. The van der Waals surface area contributed by atoms with Crippen molar-refractivity contribution in [2.75, 3.05) is 11.9 Å². The standard InChI is InChI=1S/C27H20ClF4NO4/c1-3-15-10-18-23(37-14(2)25(26(18)35)17-6-4-5-7-21(17)29)12-22(15)36-13-24(34)33-16-8-9-20(28)19(11-16)27(30,31)32/h4-12H,3,13H2,1-2H3,(H,33,34). The monoisotopic (exact) mass is 533 g/mol. The van der Waals surface area contributed by atoms with Crippen molar-refractivity contribution in [1.29, 1.82) is 0 Å². The highest BCUT2D eigenvalue weighted by atomic mass is 35.5. The first-order valence-corrected chi connectivity index (χ1v) is 11.5. The second-order valence-corrected chi connectivity index (χ2v) is 8.59. The molecule has 1 aromatic heterocycles. The van der Waals surface area contributed by atoms with Gasteiger partial charge in [-0.3, -0.25) is 9.59 Å². The van der Waals surface area contributed by atoms with Crippen LogP contribution in [0, 0.1) is 12.7 Å². The van der Waals surface area contributed by atoms with Crippen molar-refractivity contribution in [3.05, 3.63) is 92.5 Å². The molecule has 5 nitrogen and oxygen atoms in total. The number of alkyl halides is 3. The number of carbonyl (C=O) groups excluding carboxylic acids is 1. The van der Waals surface area contributed by atoms with Crippen molar-refractivity contribution in [2.45, 2.75) is 26.4 Å². The van der Waals surface area contributed by atoms with Gasteiger partial charge in [-0.2, -0.15) is 13.2 Å². The van der Waals surface area contributed by atoms with E-state index in [0.717, 1.165) is 12.1 Å². The Balaban J connectivity index is 1.60. The van der Waals surface area contributed by atoms with Crippen LogP contribution in [0.25, 0.3) is 22.1 Å². The SMILES string of the molecule is CCc1cc2c(=O)c(-c3ccccc3F)c(C)oc2cc1OCC(=O)Nc1ccc(Cl)c(C(F)(F)F)c1. The van der Waals surface area contributed by atoms with Crippen molar-refractivity contribution in [3.8, 4) is 16.9 Å². The molecule has 0 unspecified atom stereocenters. The summed E-state index contributed by atoms with van der Waals surface area (Å²) < 4.78 is 65.0. The number of hydrogen-bond donors (Lipinski definition) is 1. The molecule has 0 atom stereocenters. The van der Waals surface area contributed by atoms with Gasteiger partial charge in [0.05, 0.1) is 21.5 Å². The molecule has 192 valence electrons. The number of aryl methyl sites for hydroxylation is 2. The fourth-order valence-corrected chi connectivity index (χ4v) is 4.15. The number of nitrogens with one attached hydrogen (secondary N) is 1. The van der Waals surface area contributed by atoms with Crippen LogP contribution in [0.4, 0.5) is 23.2 Å². The van der Waals surface area contributed by atoms with Crippen LogP contribution in [0.1, 0.15) is 23.8 Å². The average Bonchev–Trinajstić information content (AvgIpc) is 2.84.